The summed E-state index contributed by atoms with van der Waals surface area (Å²) in [4.78, 5) is 10.9. The highest BCUT2D eigenvalue weighted by molar-refractivity contribution is 8.00. The smallest absolute Gasteiger partial charge is 0.258 e. The molecule has 0 N–H and O–H groups in total. The van der Waals surface area contributed by atoms with Crippen molar-refractivity contribution >= 4 is 27.5 Å². The first kappa shape index (κ1) is 17.4. The van der Waals surface area contributed by atoms with E-state index in [1.807, 2.05) is 0 Å². The van der Waals surface area contributed by atoms with Crippen molar-refractivity contribution in [2.75, 3.05) is 13.1 Å². The molecular weight excluding hydrogens is 380 g/mol. The van der Waals surface area contributed by atoms with Gasteiger partial charge in [-0.3, -0.25) is 10.1 Å². The summed E-state index contributed by atoms with van der Waals surface area (Å²) in [7, 11) is -3.82. The van der Waals surface area contributed by atoms with Crippen LogP contribution in [0.15, 0.2) is 33.1 Å². The Labute approximate surface area is 153 Å². The van der Waals surface area contributed by atoms with Crippen LogP contribution >= 0.6 is 11.8 Å². The third-order valence-corrected chi connectivity index (χ3v) is 7.47. The van der Waals surface area contributed by atoms with Gasteiger partial charge in [0.05, 0.1) is 11.0 Å². The molecular formula is C14H16N6O4S2. The van der Waals surface area contributed by atoms with Crippen LogP contribution in [0.4, 0.5) is 5.69 Å². The van der Waals surface area contributed by atoms with E-state index in [2.05, 4.69) is 15.5 Å². The minimum atomic E-state index is -3.82. The van der Waals surface area contributed by atoms with E-state index in [4.69, 9.17) is 0 Å². The Morgan fingerprint density at radius 3 is 2.62 bits per heavy atom. The van der Waals surface area contributed by atoms with Gasteiger partial charge < -0.3 is 0 Å². The van der Waals surface area contributed by atoms with Crippen molar-refractivity contribution in [1.29, 1.82) is 0 Å². The largest absolute Gasteiger partial charge is 0.270 e. The second kappa shape index (κ2) is 6.59. The van der Waals surface area contributed by atoms with Gasteiger partial charge in [0.2, 0.25) is 15.2 Å². The van der Waals surface area contributed by atoms with E-state index < -0.39 is 14.9 Å². The van der Waals surface area contributed by atoms with Crippen molar-refractivity contribution < 1.29 is 13.3 Å². The average molecular weight is 396 g/mol. The van der Waals surface area contributed by atoms with Crippen molar-refractivity contribution in [1.82, 2.24) is 24.5 Å². The zero-order valence-electron chi connectivity index (χ0n) is 13.7. The molecule has 2 fully saturated rings. The molecule has 1 aromatic carbocycles. The van der Waals surface area contributed by atoms with Gasteiger partial charge in [0.1, 0.15) is 4.90 Å². The van der Waals surface area contributed by atoms with Crippen molar-refractivity contribution in [3.05, 3.63) is 28.3 Å². The van der Waals surface area contributed by atoms with Gasteiger partial charge in [-0.25, -0.2) is 13.1 Å². The number of tetrazole rings is 1. The predicted molar refractivity (Wildman–Crippen MR) is 91.3 cm³/mol. The number of rotatable bonds is 6. The van der Waals surface area contributed by atoms with Crippen LogP contribution in [0, 0.1) is 10.1 Å². The van der Waals surface area contributed by atoms with E-state index >= 15 is 0 Å². The molecule has 2 heterocycles. The van der Waals surface area contributed by atoms with Gasteiger partial charge in [-0.1, -0.05) is 0 Å². The van der Waals surface area contributed by atoms with Crippen LogP contribution in [-0.2, 0) is 10.0 Å². The molecule has 0 amide bonds. The normalized spacial score (nSPS) is 18.3. The topological polar surface area (TPSA) is 124 Å². The highest BCUT2D eigenvalue weighted by atomic mass is 32.2. The van der Waals surface area contributed by atoms with E-state index in [0.717, 1.165) is 43.5 Å². The Bertz CT molecular complexity index is 950. The Kier molecular flexibility index (Phi) is 4.40. The van der Waals surface area contributed by atoms with Gasteiger partial charge in [-0.05, 0) is 53.9 Å². The lowest BCUT2D eigenvalue weighted by Crippen LogP contribution is -2.28. The van der Waals surface area contributed by atoms with E-state index in [-0.39, 0.29) is 16.6 Å². The van der Waals surface area contributed by atoms with Crippen LogP contribution in [0.1, 0.15) is 31.7 Å². The number of nitro groups is 1. The zero-order chi connectivity index (χ0) is 18.3. The molecule has 12 heteroatoms. The number of nitro benzene ring substituents is 1. The molecule has 0 unspecified atom stereocenters. The highest BCUT2D eigenvalue weighted by Gasteiger charge is 2.33. The molecule has 2 aliphatic rings. The summed E-state index contributed by atoms with van der Waals surface area (Å²) in [5, 5.41) is 23.2. The lowest BCUT2D eigenvalue weighted by molar-refractivity contribution is -0.385. The van der Waals surface area contributed by atoms with Crippen molar-refractivity contribution in [2.45, 2.75) is 46.7 Å². The fourth-order valence-electron chi connectivity index (χ4n) is 2.86. The SMILES string of the molecule is O=[N+]([O-])c1ccc(Sc2nnnn2C2CC2)c(S(=O)(=O)N2CCCC2)c1. The molecule has 2 aromatic rings. The number of aromatic nitrogens is 4. The highest BCUT2D eigenvalue weighted by Crippen LogP contribution is 2.40. The maximum absolute atomic E-state index is 13.0. The molecule has 0 atom stereocenters. The average Bonchev–Trinajstić information content (AvgIpc) is 3.11. The van der Waals surface area contributed by atoms with E-state index in [0.29, 0.717) is 23.1 Å². The number of hydrogen-bond donors (Lipinski definition) is 0. The first-order valence-corrected chi connectivity index (χ1v) is 10.5. The van der Waals surface area contributed by atoms with Crippen LogP contribution in [0.25, 0.3) is 0 Å². The van der Waals surface area contributed by atoms with E-state index in [1.54, 1.807) is 4.68 Å². The summed E-state index contributed by atoms with van der Waals surface area (Å²) in [6, 6.07) is 4.12. The van der Waals surface area contributed by atoms with Crippen molar-refractivity contribution in [3.63, 3.8) is 0 Å². The number of hydrogen-bond acceptors (Lipinski definition) is 8. The maximum Gasteiger partial charge on any atom is 0.270 e. The third-order valence-electron chi connectivity index (χ3n) is 4.38. The number of non-ortho nitro benzene ring substituents is 1. The predicted octanol–water partition coefficient (Wildman–Crippen LogP) is 1.85. The lowest BCUT2D eigenvalue weighted by Gasteiger charge is -2.17. The second-order valence-electron chi connectivity index (χ2n) is 6.24. The molecule has 1 aromatic heterocycles. The molecule has 1 aliphatic carbocycles. The molecule has 26 heavy (non-hydrogen) atoms. The van der Waals surface area contributed by atoms with E-state index in [9.17, 15) is 18.5 Å². The molecule has 0 spiro atoms. The second-order valence-corrected chi connectivity index (χ2v) is 9.15. The number of sulfonamides is 1. The number of benzene rings is 1. The quantitative estimate of drug-likeness (QED) is 0.535. The summed E-state index contributed by atoms with van der Waals surface area (Å²) in [6.45, 7) is 0.851. The van der Waals surface area contributed by atoms with Crippen LogP contribution in [-0.4, -0.2) is 50.9 Å². The van der Waals surface area contributed by atoms with Gasteiger partial charge in [-0.15, -0.1) is 5.10 Å². The Balaban J connectivity index is 1.76. The standard InChI is InChI=1S/C14H16N6O4S2/c21-20(22)11-5-6-12(25-14-15-16-17-19(14)10-3-4-10)13(9-11)26(23,24)18-7-1-2-8-18/h5-6,9-10H,1-4,7-8H2. The van der Waals surface area contributed by atoms with E-state index in [1.165, 1.54) is 16.4 Å². The van der Waals surface area contributed by atoms with Gasteiger partial charge >= 0.3 is 0 Å². The molecule has 10 nitrogen and oxygen atoms in total. The summed E-state index contributed by atoms with van der Waals surface area (Å²) in [6.07, 6.45) is 3.54. The van der Waals surface area contributed by atoms with Crippen LogP contribution in [0.2, 0.25) is 0 Å². The molecule has 4 rings (SSSR count). The fourth-order valence-corrected chi connectivity index (χ4v) is 5.76. The van der Waals surface area contributed by atoms with Crippen LogP contribution in [0.5, 0.6) is 0 Å². The minimum absolute atomic E-state index is 0.0658. The maximum atomic E-state index is 13.0. The van der Waals surface area contributed by atoms with Crippen LogP contribution < -0.4 is 0 Å². The minimum Gasteiger partial charge on any atom is -0.258 e. The third kappa shape index (κ3) is 3.19. The Morgan fingerprint density at radius 2 is 1.96 bits per heavy atom. The molecule has 0 radical (unpaired) electrons. The van der Waals surface area contributed by atoms with Gasteiger partial charge in [0.15, 0.2) is 0 Å². The summed E-state index contributed by atoms with van der Waals surface area (Å²) in [5.41, 5.74) is -0.256. The zero-order valence-corrected chi connectivity index (χ0v) is 15.3. The first-order valence-electron chi connectivity index (χ1n) is 8.21. The van der Waals surface area contributed by atoms with Gasteiger partial charge in [0, 0.05) is 30.1 Å². The van der Waals surface area contributed by atoms with Crippen molar-refractivity contribution in [2.24, 2.45) is 0 Å². The summed E-state index contributed by atoms with van der Waals surface area (Å²) in [5.74, 6) is 0. The van der Waals surface area contributed by atoms with Gasteiger partial charge in [0.25, 0.3) is 5.69 Å². The number of nitrogens with zero attached hydrogens (tertiary/aromatic N) is 6. The first-order chi connectivity index (χ1) is 12.5. The van der Waals surface area contributed by atoms with Gasteiger partial charge in [-0.2, -0.15) is 4.31 Å². The Morgan fingerprint density at radius 1 is 1.23 bits per heavy atom. The lowest BCUT2D eigenvalue weighted by atomic mass is 10.3. The molecule has 138 valence electrons. The molecule has 1 aliphatic heterocycles. The monoisotopic (exact) mass is 396 g/mol. The molecule has 1 saturated heterocycles. The van der Waals surface area contributed by atoms with Crippen molar-refractivity contribution in [3.8, 4) is 0 Å². The van der Waals surface area contributed by atoms with Crippen LogP contribution in [0.3, 0.4) is 0 Å². The summed E-state index contributed by atoms with van der Waals surface area (Å²) < 4.78 is 29.1. The Hall–Kier alpha value is -2.05. The molecule has 1 saturated carbocycles. The summed E-state index contributed by atoms with van der Waals surface area (Å²) >= 11 is 1.12. The fraction of sp³-hybridized carbons (Fsp3) is 0.500. The molecule has 0 bridgehead atoms.